The summed E-state index contributed by atoms with van der Waals surface area (Å²) in [5, 5.41) is 10.8. The molecule has 0 saturated heterocycles. The van der Waals surface area contributed by atoms with Crippen LogP contribution in [0.5, 0.6) is 0 Å². The van der Waals surface area contributed by atoms with Crippen molar-refractivity contribution in [3.8, 4) is 0 Å². The van der Waals surface area contributed by atoms with Gasteiger partial charge in [-0.3, -0.25) is 4.79 Å². The molecule has 0 aliphatic carbocycles. The van der Waals surface area contributed by atoms with Gasteiger partial charge in [-0.05, 0) is 31.0 Å². The van der Waals surface area contributed by atoms with E-state index in [1.165, 1.54) is 16.5 Å². The zero-order valence-corrected chi connectivity index (χ0v) is 13.7. The fraction of sp³-hybridized carbons (Fsp3) is 0.286. The normalized spacial score (nSPS) is 10.7. The standard InChI is InChI=1S/C13H15N2O.CH2O2.Fm/c1-10(14-9-16)7-11-8-15(2)13-6-4-3-5-12(11)13;2-1-3;/h3-6,8,10H,7H2,1-2H3,(H,14,16);1H,(H,2,3);/q-1;;. The maximum Gasteiger partial charge on any atom is 0.290 e. The van der Waals surface area contributed by atoms with E-state index in [1.807, 2.05) is 26.1 Å². The van der Waals surface area contributed by atoms with Crippen LogP contribution in [0.25, 0.3) is 10.9 Å². The van der Waals surface area contributed by atoms with Crippen molar-refractivity contribution < 1.29 is 14.7 Å². The van der Waals surface area contributed by atoms with E-state index >= 15 is 0 Å². The molecule has 0 radical (unpaired) electrons. The largest absolute Gasteiger partial charge is 0.527 e. The second-order valence-corrected chi connectivity index (χ2v) is 4.24. The van der Waals surface area contributed by atoms with Gasteiger partial charge in [-0.15, -0.1) is 0 Å². The van der Waals surface area contributed by atoms with Gasteiger partial charge in [-0.2, -0.15) is 6.41 Å². The molecule has 0 aliphatic heterocycles. The maximum atomic E-state index is 10.2. The van der Waals surface area contributed by atoms with Crippen LogP contribution in [0, 0.1) is 0 Å². The molecule has 1 unspecified atom stereocenters. The summed E-state index contributed by atoms with van der Waals surface area (Å²) in [7, 11) is 2.04. The minimum atomic E-state index is -0.250. The number of aryl methyl sites for hydroxylation is 1. The first kappa shape index (κ1) is 16.7. The number of carbonyl (C=O) groups is 1. The summed E-state index contributed by atoms with van der Waals surface area (Å²) in [6.07, 6.45) is 4.68. The molecule has 2 aromatic rings. The van der Waals surface area contributed by atoms with E-state index in [0.717, 1.165) is 6.42 Å². The maximum absolute atomic E-state index is 10.2. The Kier molecular flexibility index (Phi) is 6.61. The van der Waals surface area contributed by atoms with E-state index in [9.17, 15) is 4.79 Å². The second kappa shape index (κ2) is 7.92. The summed E-state index contributed by atoms with van der Waals surface area (Å²) in [6, 6.07) is 8.40. The van der Waals surface area contributed by atoms with Gasteiger partial charge in [0.15, 0.2) is 0 Å². The second-order valence-electron chi connectivity index (χ2n) is 4.24. The van der Waals surface area contributed by atoms with E-state index in [1.54, 1.807) is 6.41 Å². The molecule has 2 N–H and O–H groups in total. The number of carboxylic acid groups (broad SMARTS) is 1. The van der Waals surface area contributed by atoms with Gasteiger partial charge in [0, 0.05) is 24.1 Å². The summed E-state index contributed by atoms with van der Waals surface area (Å²) in [5.41, 5.74) is 2.48. The van der Waals surface area contributed by atoms with Gasteiger partial charge in [0.1, 0.15) is 0 Å². The minimum Gasteiger partial charge on any atom is -0.527 e. The van der Waals surface area contributed by atoms with Crippen molar-refractivity contribution >= 4 is 23.8 Å². The van der Waals surface area contributed by atoms with Gasteiger partial charge in [0.25, 0.3) is 6.47 Å². The molecule has 1 atom stereocenters. The zero-order valence-electron chi connectivity index (χ0n) is 11.2. The molecule has 1 amide bonds. The Hall–Kier alpha value is -3.30. The number of amides is 1. The summed E-state index contributed by atoms with van der Waals surface area (Å²) in [4.78, 5) is 18.6. The third-order valence-electron chi connectivity index (χ3n) is 2.81. The Morgan fingerprint density at radius 2 is 2.05 bits per heavy atom. The molecule has 2 rings (SSSR count). The number of rotatable bonds is 4. The van der Waals surface area contributed by atoms with Crippen molar-refractivity contribution in [2.75, 3.05) is 0 Å². The van der Waals surface area contributed by atoms with Gasteiger partial charge in [0.05, 0.1) is 0 Å². The first-order valence-corrected chi connectivity index (χ1v) is 5.87. The van der Waals surface area contributed by atoms with Crippen molar-refractivity contribution in [1.29, 1.82) is 0 Å². The smallest absolute Gasteiger partial charge is 0.290 e. The topological polar surface area (TPSA) is 71.3 Å². The summed E-state index contributed by atoms with van der Waals surface area (Å²) in [6.45, 7) is 1.73. The van der Waals surface area contributed by atoms with E-state index in [-0.39, 0.29) is 12.5 Å². The Balaban J connectivity index is 0.000000830. The average molecular weight is 518 g/mol. The Bertz CT molecular complexity index is 554. The van der Waals surface area contributed by atoms with E-state index in [0.29, 0.717) is 0 Å². The Morgan fingerprint density at radius 3 is 2.65 bits per heavy atom. The molecule has 0 saturated carbocycles. The van der Waals surface area contributed by atoms with Crippen LogP contribution in [0.4, 0.5) is 0 Å². The molecule has 20 heavy (non-hydrogen) atoms. The number of para-hydroxylation sites is 1. The van der Waals surface area contributed by atoms with Crippen LogP contribution in [0.3, 0.4) is 0 Å². The number of aromatic nitrogens is 1. The molecule has 1 heterocycles. The van der Waals surface area contributed by atoms with Gasteiger partial charge in [-0.25, -0.2) is 0 Å². The van der Waals surface area contributed by atoms with E-state index < -0.39 is 0 Å². The molecule has 6 heteroatoms. The van der Waals surface area contributed by atoms with Crippen LogP contribution in [0.15, 0.2) is 30.5 Å². The van der Waals surface area contributed by atoms with Crippen molar-refractivity contribution in [2.45, 2.75) is 19.4 Å². The Labute approximate surface area is 111 Å². The van der Waals surface area contributed by atoms with Crippen LogP contribution in [0.1, 0.15) is 12.5 Å². The van der Waals surface area contributed by atoms with Gasteiger partial charge in [0.2, 0.25) is 0 Å². The molecule has 5 nitrogen and oxygen atoms in total. The van der Waals surface area contributed by atoms with E-state index in [2.05, 4.69) is 28.2 Å². The van der Waals surface area contributed by atoms with Gasteiger partial charge < -0.3 is 19.8 Å². The fourth-order valence-corrected chi connectivity index (χ4v) is 2.07. The first-order chi connectivity index (χ1) is 9.13. The fourth-order valence-electron chi connectivity index (χ4n) is 2.07. The molecule has 0 aliphatic rings. The third-order valence-corrected chi connectivity index (χ3v) is 2.81. The molecule has 1 aromatic carbocycles. The predicted octanol–water partition coefficient (Wildman–Crippen LogP) is 1.47. The quantitative estimate of drug-likeness (QED) is 0.366. The molecule has 1 aromatic heterocycles. The van der Waals surface area contributed by atoms with Crippen LogP contribution in [-0.4, -0.2) is 28.6 Å². The molecular formula is C14H17FmN2O3-. The summed E-state index contributed by atoms with van der Waals surface area (Å²) in [5.74, 6) is 0. The zero-order chi connectivity index (χ0) is 14.3. The summed E-state index contributed by atoms with van der Waals surface area (Å²) >= 11 is 0. The number of nitrogens with one attached hydrogen (secondary N) is 1. The number of benzene rings is 1. The van der Waals surface area contributed by atoms with Crippen molar-refractivity contribution in [1.82, 2.24) is 9.88 Å². The molecule has 0 spiro atoms. The predicted molar refractivity (Wildman–Crippen MR) is 73.6 cm³/mol. The number of hydrogen-bond acceptors (Lipinski definition) is 2. The molecule has 0 fully saturated rings. The van der Waals surface area contributed by atoms with Gasteiger partial charge >= 0.3 is 0 Å². The van der Waals surface area contributed by atoms with Crippen LogP contribution in [-0.2, 0) is 23.1 Å². The molecule has 114 valence electrons. The van der Waals surface area contributed by atoms with Gasteiger partial charge in [-0.1, -0.05) is 18.2 Å². The monoisotopic (exact) mass is 518 g/mol. The summed E-state index contributed by atoms with van der Waals surface area (Å²) < 4.78 is 2.11. The number of carbonyl (C=O) groups excluding carboxylic acids is 1. The number of hydrogen-bond donors (Lipinski definition) is 2. The SMILES string of the molecule is CC(Cc1cn(C)c2ccccc12)N[C-]=O.O=CO.[Fm]. The van der Waals surface area contributed by atoms with Crippen molar-refractivity contribution in [3.05, 3.63) is 36.0 Å². The van der Waals surface area contributed by atoms with Crippen molar-refractivity contribution in [2.24, 2.45) is 7.05 Å². The minimum absolute atomic E-state index is 0. The van der Waals surface area contributed by atoms with Crippen LogP contribution in [0.2, 0.25) is 0 Å². The molecule has 0 bridgehead atoms. The third kappa shape index (κ3) is 3.87. The first-order valence-electron chi connectivity index (χ1n) is 5.87. The van der Waals surface area contributed by atoms with Crippen LogP contribution < -0.4 is 5.32 Å². The van der Waals surface area contributed by atoms with E-state index in [4.69, 9.17) is 9.90 Å². The Morgan fingerprint density at radius 1 is 1.45 bits per heavy atom. The van der Waals surface area contributed by atoms with Crippen molar-refractivity contribution in [3.63, 3.8) is 0 Å². The van der Waals surface area contributed by atoms with Crippen LogP contribution >= 0.6 is 0 Å². The number of fused-ring (bicyclic) bond motifs is 1. The average Bonchev–Trinajstić information content (AvgIpc) is 2.68. The number of nitrogens with zero attached hydrogens (tertiary/aromatic N) is 1. The molecular weight excluding hydrogens is 501 g/mol.